The van der Waals surface area contributed by atoms with Crippen molar-refractivity contribution < 1.29 is 18.7 Å². The Balaban J connectivity index is 1.59. The van der Waals surface area contributed by atoms with Crippen LogP contribution in [0.5, 0.6) is 0 Å². The number of nitrogens with one attached hydrogen (secondary N) is 2. The first-order chi connectivity index (χ1) is 13.5. The van der Waals surface area contributed by atoms with Crippen LogP contribution in [-0.2, 0) is 16.1 Å². The van der Waals surface area contributed by atoms with Crippen molar-refractivity contribution in [1.29, 1.82) is 0 Å². The number of hydrogen-bond acceptors (Lipinski definition) is 5. The Morgan fingerprint density at radius 1 is 0.964 bits per heavy atom. The molecule has 2 N–H and O–H groups in total. The number of carbonyl (C=O) groups excluding carboxylic acids is 2. The van der Waals surface area contributed by atoms with Crippen LogP contribution in [0.25, 0.3) is 0 Å². The summed E-state index contributed by atoms with van der Waals surface area (Å²) in [6, 6.07) is 16.4. The normalized spacial score (nSPS) is 10.4. The quantitative estimate of drug-likeness (QED) is 0.599. The fraction of sp³-hybridized carbons (Fsp3) is 0.182. The lowest BCUT2D eigenvalue weighted by Gasteiger charge is -2.13. The Morgan fingerprint density at radius 3 is 2.43 bits per heavy atom. The van der Waals surface area contributed by atoms with Gasteiger partial charge in [0.05, 0.1) is 18.4 Å². The Bertz CT molecular complexity index is 944. The average Bonchev–Trinajstić information content (AvgIpc) is 3.21. The molecule has 6 heteroatoms. The van der Waals surface area contributed by atoms with Gasteiger partial charge >= 0.3 is 5.97 Å². The Kier molecular flexibility index (Phi) is 6.11. The maximum absolute atomic E-state index is 12.5. The topological polar surface area (TPSA) is 80.6 Å². The fourth-order valence-electron chi connectivity index (χ4n) is 2.81. The van der Waals surface area contributed by atoms with Gasteiger partial charge in [0, 0.05) is 11.4 Å². The van der Waals surface area contributed by atoms with Crippen molar-refractivity contribution in [3.63, 3.8) is 0 Å². The van der Waals surface area contributed by atoms with Gasteiger partial charge in [-0.3, -0.25) is 4.79 Å². The number of furan rings is 1. The molecular weight excluding hydrogens is 356 g/mol. The number of rotatable bonds is 7. The molecule has 0 fully saturated rings. The van der Waals surface area contributed by atoms with Crippen molar-refractivity contribution in [2.75, 3.05) is 17.2 Å². The van der Waals surface area contributed by atoms with Gasteiger partial charge in [-0.1, -0.05) is 30.3 Å². The van der Waals surface area contributed by atoms with Crippen LogP contribution in [0.4, 0.5) is 11.4 Å². The molecule has 0 aliphatic rings. The van der Waals surface area contributed by atoms with Gasteiger partial charge in [0.1, 0.15) is 5.76 Å². The Labute approximate surface area is 163 Å². The van der Waals surface area contributed by atoms with E-state index in [2.05, 4.69) is 10.6 Å². The highest BCUT2D eigenvalue weighted by Gasteiger charge is 2.15. The predicted octanol–water partition coefficient (Wildman–Crippen LogP) is 4.30. The Hall–Kier alpha value is -3.54. The molecule has 0 radical (unpaired) electrons. The second-order valence-electron chi connectivity index (χ2n) is 6.37. The molecule has 0 aliphatic carbocycles. The van der Waals surface area contributed by atoms with Crippen LogP contribution in [0.3, 0.4) is 0 Å². The summed E-state index contributed by atoms with van der Waals surface area (Å²) in [5, 5.41) is 5.94. The molecule has 0 spiro atoms. The maximum Gasteiger partial charge on any atom is 0.340 e. The molecule has 3 aromatic rings. The van der Waals surface area contributed by atoms with Gasteiger partial charge in [-0.2, -0.15) is 0 Å². The molecule has 0 bridgehead atoms. The van der Waals surface area contributed by atoms with Crippen molar-refractivity contribution in [2.45, 2.75) is 20.4 Å². The SMILES string of the molecule is Cc1cccc(C)c1NC(=O)COC(=O)c1ccccc1NCc1ccco1. The number of hydrogen-bond donors (Lipinski definition) is 2. The van der Waals surface area contributed by atoms with E-state index in [-0.39, 0.29) is 12.5 Å². The number of amides is 1. The van der Waals surface area contributed by atoms with Crippen LogP contribution in [0.2, 0.25) is 0 Å². The van der Waals surface area contributed by atoms with Gasteiger partial charge in [0.2, 0.25) is 0 Å². The van der Waals surface area contributed by atoms with E-state index in [9.17, 15) is 9.59 Å². The van der Waals surface area contributed by atoms with Crippen LogP contribution in [0, 0.1) is 13.8 Å². The smallest absolute Gasteiger partial charge is 0.340 e. The van der Waals surface area contributed by atoms with E-state index in [4.69, 9.17) is 9.15 Å². The summed E-state index contributed by atoms with van der Waals surface area (Å²) >= 11 is 0. The van der Waals surface area contributed by atoms with Crippen molar-refractivity contribution >= 4 is 23.3 Å². The number of esters is 1. The minimum atomic E-state index is -0.570. The van der Waals surface area contributed by atoms with Crippen LogP contribution in [0.15, 0.2) is 65.3 Å². The largest absolute Gasteiger partial charge is 0.467 e. The zero-order chi connectivity index (χ0) is 19.9. The molecular formula is C22H22N2O4. The molecule has 6 nitrogen and oxygen atoms in total. The van der Waals surface area contributed by atoms with Crippen LogP contribution < -0.4 is 10.6 Å². The minimum absolute atomic E-state index is 0.355. The third kappa shape index (κ3) is 4.79. The van der Waals surface area contributed by atoms with E-state index in [0.29, 0.717) is 17.8 Å². The molecule has 28 heavy (non-hydrogen) atoms. The van der Waals surface area contributed by atoms with Crippen molar-refractivity contribution in [2.24, 2.45) is 0 Å². The first kappa shape index (κ1) is 19.2. The van der Waals surface area contributed by atoms with Crippen LogP contribution in [0.1, 0.15) is 27.2 Å². The first-order valence-electron chi connectivity index (χ1n) is 8.93. The zero-order valence-corrected chi connectivity index (χ0v) is 15.8. The highest BCUT2D eigenvalue weighted by molar-refractivity contribution is 5.99. The molecule has 0 atom stereocenters. The lowest BCUT2D eigenvalue weighted by atomic mass is 10.1. The second-order valence-corrected chi connectivity index (χ2v) is 6.37. The molecule has 0 saturated carbocycles. The van der Waals surface area contributed by atoms with E-state index < -0.39 is 5.97 Å². The monoisotopic (exact) mass is 378 g/mol. The van der Waals surface area contributed by atoms with E-state index in [1.54, 1.807) is 30.5 Å². The van der Waals surface area contributed by atoms with Gasteiger partial charge in [-0.25, -0.2) is 4.79 Å². The predicted molar refractivity (Wildman–Crippen MR) is 107 cm³/mol. The third-order valence-electron chi connectivity index (χ3n) is 4.26. The third-order valence-corrected chi connectivity index (χ3v) is 4.26. The van der Waals surface area contributed by atoms with Gasteiger partial charge in [-0.15, -0.1) is 0 Å². The number of benzene rings is 2. The molecule has 0 aliphatic heterocycles. The van der Waals surface area contributed by atoms with E-state index >= 15 is 0 Å². The number of carbonyl (C=O) groups is 2. The number of anilines is 2. The molecule has 1 amide bonds. The van der Waals surface area contributed by atoms with E-state index in [0.717, 1.165) is 22.6 Å². The van der Waals surface area contributed by atoms with Gasteiger partial charge in [0.25, 0.3) is 5.91 Å². The molecule has 1 aromatic heterocycles. The summed E-state index contributed by atoms with van der Waals surface area (Å²) in [4.78, 5) is 24.7. The van der Waals surface area contributed by atoms with E-state index in [1.165, 1.54) is 0 Å². The van der Waals surface area contributed by atoms with Crippen molar-refractivity contribution in [3.05, 3.63) is 83.3 Å². The molecule has 3 rings (SSSR count). The average molecular weight is 378 g/mol. The van der Waals surface area contributed by atoms with Crippen molar-refractivity contribution in [3.8, 4) is 0 Å². The van der Waals surface area contributed by atoms with Crippen molar-refractivity contribution in [1.82, 2.24) is 0 Å². The lowest BCUT2D eigenvalue weighted by Crippen LogP contribution is -2.22. The maximum atomic E-state index is 12.5. The molecule has 0 saturated heterocycles. The summed E-state index contributed by atoms with van der Waals surface area (Å²) in [6.45, 7) is 3.90. The van der Waals surface area contributed by atoms with Gasteiger partial charge in [0.15, 0.2) is 6.61 Å². The fourth-order valence-corrected chi connectivity index (χ4v) is 2.81. The molecule has 2 aromatic carbocycles. The highest BCUT2D eigenvalue weighted by Crippen LogP contribution is 2.20. The number of ether oxygens (including phenoxy) is 1. The summed E-state index contributed by atoms with van der Waals surface area (Å²) in [6.07, 6.45) is 1.59. The zero-order valence-electron chi connectivity index (χ0n) is 15.8. The highest BCUT2D eigenvalue weighted by atomic mass is 16.5. The van der Waals surface area contributed by atoms with Crippen LogP contribution in [-0.4, -0.2) is 18.5 Å². The first-order valence-corrected chi connectivity index (χ1v) is 8.93. The standard InChI is InChI=1S/C22H22N2O4/c1-15-7-5-8-16(2)21(15)24-20(25)14-28-22(26)18-10-3-4-11-19(18)23-13-17-9-6-12-27-17/h3-12,23H,13-14H2,1-2H3,(H,24,25). The lowest BCUT2D eigenvalue weighted by molar-refractivity contribution is -0.119. The van der Waals surface area contributed by atoms with Gasteiger partial charge in [-0.05, 0) is 49.2 Å². The summed E-state index contributed by atoms with van der Waals surface area (Å²) < 4.78 is 10.5. The van der Waals surface area contributed by atoms with Gasteiger partial charge < -0.3 is 19.8 Å². The summed E-state index contributed by atoms with van der Waals surface area (Å²) in [5.41, 5.74) is 3.61. The number of para-hydroxylation sites is 2. The number of aryl methyl sites for hydroxylation is 2. The molecule has 144 valence electrons. The molecule has 1 heterocycles. The Morgan fingerprint density at radius 2 is 1.71 bits per heavy atom. The second kappa shape index (κ2) is 8.90. The minimum Gasteiger partial charge on any atom is -0.467 e. The van der Waals surface area contributed by atoms with E-state index in [1.807, 2.05) is 44.2 Å². The van der Waals surface area contributed by atoms with Crippen LogP contribution >= 0.6 is 0 Å². The summed E-state index contributed by atoms with van der Waals surface area (Å²) in [7, 11) is 0. The molecule has 0 unspecified atom stereocenters. The summed E-state index contributed by atoms with van der Waals surface area (Å²) in [5.74, 6) is -0.206.